The Balaban J connectivity index is 2.11. The quantitative estimate of drug-likeness (QED) is 0.778. The molecule has 0 amide bonds. The summed E-state index contributed by atoms with van der Waals surface area (Å²) < 4.78 is 0. The molecule has 1 fully saturated rings. The van der Waals surface area contributed by atoms with Crippen LogP contribution in [-0.4, -0.2) is 17.6 Å². The van der Waals surface area contributed by atoms with Crippen LogP contribution in [-0.2, 0) is 4.79 Å². The third kappa shape index (κ3) is 3.57. The zero-order valence-electron chi connectivity index (χ0n) is 10.9. The molecule has 1 atom stereocenters. The zero-order chi connectivity index (χ0) is 13.0. The second-order valence-electron chi connectivity index (χ2n) is 5.05. The minimum Gasteiger partial charge on any atom is -0.481 e. The second kappa shape index (κ2) is 6.01. The first-order chi connectivity index (χ1) is 8.70. The van der Waals surface area contributed by atoms with E-state index >= 15 is 0 Å². The molecule has 0 heterocycles. The Bertz CT molecular complexity index is 413. The van der Waals surface area contributed by atoms with Gasteiger partial charge in [0.15, 0.2) is 0 Å². The molecule has 1 aromatic rings. The number of carbonyl (C=O) groups is 1. The molecule has 18 heavy (non-hydrogen) atoms. The van der Waals surface area contributed by atoms with Crippen LogP contribution < -0.4 is 5.32 Å². The van der Waals surface area contributed by atoms with Crippen LogP contribution in [0.2, 0.25) is 0 Å². The van der Waals surface area contributed by atoms with E-state index in [1.54, 1.807) is 0 Å². The molecule has 0 aliphatic heterocycles. The first kappa shape index (κ1) is 13.1. The lowest BCUT2D eigenvalue weighted by Crippen LogP contribution is -2.24. The summed E-state index contributed by atoms with van der Waals surface area (Å²) in [5.41, 5.74) is 2.47. The van der Waals surface area contributed by atoms with Gasteiger partial charge in [0.1, 0.15) is 0 Å². The fourth-order valence-corrected chi connectivity index (χ4v) is 2.25. The van der Waals surface area contributed by atoms with Crippen molar-refractivity contribution in [1.82, 2.24) is 5.32 Å². The molecule has 0 bridgehead atoms. The van der Waals surface area contributed by atoms with Crippen molar-refractivity contribution in [2.45, 2.75) is 44.6 Å². The number of carboxylic acids is 1. The van der Waals surface area contributed by atoms with Crippen LogP contribution in [0.4, 0.5) is 0 Å². The van der Waals surface area contributed by atoms with Gasteiger partial charge in [-0.3, -0.25) is 4.79 Å². The van der Waals surface area contributed by atoms with Crippen molar-refractivity contribution < 1.29 is 9.90 Å². The lowest BCUT2D eigenvalue weighted by molar-refractivity contribution is -0.137. The average Bonchev–Trinajstić information content (AvgIpc) is 3.18. The van der Waals surface area contributed by atoms with Crippen LogP contribution in [0.15, 0.2) is 24.3 Å². The van der Waals surface area contributed by atoms with Gasteiger partial charge in [0.05, 0.1) is 6.42 Å². The van der Waals surface area contributed by atoms with Gasteiger partial charge in [-0.25, -0.2) is 0 Å². The summed E-state index contributed by atoms with van der Waals surface area (Å²) in [6.45, 7) is 2.94. The second-order valence-corrected chi connectivity index (χ2v) is 5.05. The number of hydrogen-bond donors (Lipinski definition) is 2. The van der Waals surface area contributed by atoms with Gasteiger partial charge in [-0.2, -0.15) is 0 Å². The maximum absolute atomic E-state index is 10.9. The van der Waals surface area contributed by atoms with Crippen molar-refractivity contribution in [2.24, 2.45) is 0 Å². The highest BCUT2D eigenvalue weighted by molar-refractivity contribution is 5.68. The number of rotatable bonds is 7. The van der Waals surface area contributed by atoms with Crippen molar-refractivity contribution in [3.8, 4) is 0 Å². The Morgan fingerprint density at radius 3 is 2.89 bits per heavy atom. The molecule has 0 spiro atoms. The minimum atomic E-state index is -0.750. The number of carboxylic acid groups (broad SMARTS) is 1. The Labute approximate surface area is 108 Å². The molecule has 98 valence electrons. The van der Waals surface area contributed by atoms with Crippen LogP contribution in [0, 0.1) is 0 Å². The number of benzene rings is 1. The monoisotopic (exact) mass is 247 g/mol. The van der Waals surface area contributed by atoms with E-state index in [9.17, 15) is 4.79 Å². The Morgan fingerprint density at radius 2 is 2.28 bits per heavy atom. The zero-order valence-corrected chi connectivity index (χ0v) is 10.9. The highest BCUT2D eigenvalue weighted by Crippen LogP contribution is 2.40. The molecule has 2 rings (SSSR count). The lowest BCUT2D eigenvalue weighted by Gasteiger charge is -2.17. The highest BCUT2D eigenvalue weighted by atomic mass is 16.4. The summed E-state index contributed by atoms with van der Waals surface area (Å²) in [5.74, 6) is -0.0398. The molecule has 3 nitrogen and oxygen atoms in total. The summed E-state index contributed by atoms with van der Waals surface area (Å²) >= 11 is 0. The molecule has 0 saturated heterocycles. The number of nitrogens with one attached hydrogen (secondary N) is 1. The highest BCUT2D eigenvalue weighted by Gasteiger charge is 2.24. The van der Waals surface area contributed by atoms with E-state index in [-0.39, 0.29) is 12.5 Å². The smallest absolute Gasteiger partial charge is 0.305 e. The molecule has 1 aliphatic rings. The third-order valence-electron chi connectivity index (χ3n) is 3.38. The number of aliphatic carboxylic acids is 1. The predicted molar refractivity (Wildman–Crippen MR) is 71.7 cm³/mol. The van der Waals surface area contributed by atoms with Gasteiger partial charge in [0.25, 0.3) is 0 Å². The third-order valence-corrected chi connectivity index (χ3v) is 3.38. The van der Waals surface area contributed by atoms with Crippen LogP contribution in [0.3, 0.4) is 0 Å². The lowest BCUT2D eigenvalue weighted by atomic mass is 9.99. The van der Waals surface area contributed by atoms with E-state index in [1.165, 1.54) is 18.4 Å². The SMILES string of the molecule is CCCNC(CC(=O)O)c1cccc(C2CC2)c1. The van der Waals surface area contributed by atoms with Gasteiger partial charge in [-0.1, -0.05) is 31.2 Å². The standard InChI is InChI=1S/C15H21NO2/c1-2-8-16-14(10-15(17)18)13-5-3-4-12(9-13)11-6-7-11/h3-5,9,11,14,16H,2,6-8,10H2,1H3,(H,17,18). The van der Waals surface area contributed by atoms with E-state index in [2.05, 4.69) is 24.4 Å². The molecule has 1 saturated carbocycles. The molecule has 2 N–H and O–H groups in total. The van der Waals surface area contributed by atoms with Gasteiger partial charge in [-0.15, -0.1) is 0 Å². The van der Waals surface area contributed by atoms with Gasteiger partial charge in [0.2, 0.25) is 0 Å². The van der Waals surface area contributed by atoms with Gasteiger partial charge >= 0.3 is 5.97 Å². The fourth-order valence-electron chi connectivity index (χ4n) is 2.25. The minimum absolute atomic E-state index is 0.0684. The van der Waals surface area contributed by atoms with Crippen molar-refractivity contribution in [2.75, 3.05) is 6.54 Å². The number of hydrogen-bond acceptors (Lipinski definition) is 2. The van der Waals surface area contributed by atoms with E-state index < -0.39 is 5.97 Å². The van der Waals surface area contributed by atoms with Crippen LogP contribution >= 0.6 is 0 Å². The topological polar surface area (TPSA) is 49.3 Å². The van der Waals surface area contributed by atoms with Crippen molar-refractivity contribution in [3.63, 3.8) is 0 Å². The van der Waals surface area contributed by atoms with Crippen LogP contribution in [0.1, 0.15) is 55.7 Å². The van der Waals surface area contributed by atoms with Crippen molar-refractivity contribution in [1.29, 1.82) is 0 Å². The Hall–Kier alpha value is -1.35. The average molecular weight is 247 g/mol. The largest absolute Gasteiger partial charge is 0.481 e. The maximum Gasteiger partial charge on any atom is 0.305 e. The van der Waals surface area contributed by atoms with Crippen LogP contribution in [0.5, 0.6) is 0 Å². The summed E-state index contributed by atoms with van der Waals surface area (Å²) in [7, 11) is 0. The summed E-state index contributed by atoms with van der Waals surface area (Å²) in [5, 5.41) is 12.3. The summed E-state index contributed by atoms with van der Waals surface area (Å²) in [4.78, 5) is 10.9. The Kier molecular flexibility index (Phi) is 4.37. The molecule has 1 unspecified atom stereocenters. The van der Waals surface area contributed by atoms with Crippen molar-refractivity contribution >= 4 is 5.97 Å². The molecule has 1 aromatic carbocycles. The predicted octanol–water partition coefficient (Wildman–Crippen LogP) is 3.08. The van der Waals surface area contributed by atoms with E-state index in [0.29, 0.717) is 5.92 Å². The summed E-state index contributed by atoms with van der Waals surface area (Å²) in [6, 6.07) is 8.33. The van der Waals surface area contributed by atoms with Crippen LogP contribution in [0.25, 0.3) is 0 Å². The van der Waals surface area contributed by atoms with Gasteiger partial charge < -0.3 is 10.4 Å². The maximum atomic E-state index is 10.9. The molecular weight excluding hydrogens is 226 g/mol. The molecule has 0 radical (unpaired) electrons. The first-order valence-corrected chi connectivity index (χ1v) is 6.75. The first-order valence-electron chi connectivity index (χ1n) is 6.75. The normalized spacial score (nSPS) is 16.5. The molecule has 1 aliphatic carbocycles. The molecule has 0 aromatic heterocycles. The Morgan fingerprint density at radius 1 is 1.50 bits per heavy atom. The van der Waals surface area contributed by atoms with E-state index in [1.807, 2.05) is 12.1 Å². The van der Waals surface area contributed by atoms with Gasteiger partial charge in [0, 0.05) is 6.04 Å². The fraction of sp³-hybridized carbons (Fsp3) is 0.533. The van der Waals surface area contributed by atoms with E-state index in [4.69, 9.17) is 5.11 Å². The molecular formula is C15H21NO2. The van der Waals surface area contributed by atoms with E-state index in [0.717, 1.165) is 18.5 Å². The molecule has 3 heteroatoms. The summed E-state index contributed by atoms with van der Waals surface area (Å²) in [6.07, 6.45) is 3.71. The van der Waals surface area contributed by atoms with Crippen molar-refractivity contribution in [3.05, 3.63) is 35.4 Å². The van der Waals surface area contributed by atoms with Gasteiger partial charge in [-0.05, 0) is 42.9 Å².